The van der Waals surface area contributed by atoms with Crippen LogP contribution in [-0.4, -0.2) is 16.3 Å². The minimum atomic E-state index is 0.670. The highest BCUT2D eigenvalue weighted by molar-refractivity contribution is 5.38. The summed E-state index contributed by atoms with van der Waals surface area (Å²) in [6.07, 6.45) is 0. The summed E-state index contributed by atoms with van der Waals surface area (Å²) in [6, 6.07) is 8.23. The third-order valence-electron chi connectivity index (χ3n) is 3.47. The summed E-state index contributed by atoms with van der Waals surface area (Å²) in [7, 11) is 1.93. The Hall–Kier alpha value is -1.81. The first-order valence-corrected chi connectivity index (χ1v) is 7.45. The molecule has 21 heavy (non-hydrogen) atoms. The van der Waals surface area contributed by atoms with Gasteiger partial charge < -0.3 is 10.1 Å². The molecule has 0 bridgehead atoms. The van der Waals surface area contributed by atoms with Crippen molar-refractivity contribution in [2.75, 3.05) is 6.54 Å². The third kappa shape index (κ3) is 4.08. The van der Waals surface area contributed by atoms with Crippen molar-refractivity contribution in [1.82, 2.24) is 15.1 Å². The molecule has 0 fully saturated rings. The lowest BCUT2D eigenvalue weighted by Crippen LogP contribution is -2.18. The number of ether oxygens (including phenoxy) is 1. The SMILES string of the molecule is Cc1nn(C)c(C)c1Oc1ccc(CNCC(C)C)cc1. The number of benzene rings is 1. The lowest BCUT2D eigenvalue weighted by atomic mass is 10.2. The number of nitrogens with zero attached hydrogens (tertiary/aromatic N) is 2. The van der Waals surface area contributed by atoms with Crippen LogP contribution in [0.15, 0.2) is 24.3 Å². The fourth-order valence-electron chi connectivity index (χ4n) is 2.20. The maximum absolute atomic E-state index is 5.95. The highest BCUT2D eigenvalue weighted by Crippen LogP contribution is 2.27. The van der Waals surface area contributed by atoms with Gasteiger partial charge in [-0.2, -0.15) is 5.10 Å². The van der Waals surface area contributed by atoms with E-state index >= 15 is 0 Å². The molecule has 0 aliphatic heterocycles. The van der Waals surface area contributed by atoms with E-state index in [4.69, 9.17) is 4.74 Å². The molecule has 0 aliphatic carbocycles. The average molecular weight is 287 g/mol. The van der Waals surface area contributed by atoms with E-state index in [2.05, 4.69) is 36.4 Å². The Morgan fingerprint density at radius 2 is 1.86 bits per heavy atom. The van der Waals surface area contributed by atoms with E-state index in [1.54, 1.807) is 0 Å². The predicted octanol–water partition coefficient (Wildman–Crippen LogP) is 3.57. The summed E-state index contributed by atoms with van der Waals surface area (Å²) in [5.74, 6) is 2.37. The molecule has 114 valence electrons. The van der Waals surface area contributed by atoms with Crippen LogP contribution < -0.4 is 10.1 Å². The second-order valence-electron chi connectivity index (χ2n) is 5.89. The number of aromatic nitrogens is 2. The van der Waals surface area contributed by atoms with Crippen LogP contribution in [0, 0.1) is 19.8 Å². The van der Waals surface area contributed by atoms with Gasteiger partial charge in [-0.05, 0) is 44.0 Å². The van der Waals surface area contributed by atoms with Gasteiger partial charge in [0, 0.05) is 13.6 Å². The van der Waals surface area contributed by atoms with E-state index in [0.717, 1.165) is 36.0 Å². The van der Waals surface area contributed by atoms with E-state index in [9.17, 15) is 0 Å². The smallest absolute Gasteiger partial charge is 0.171 e. The fourth-order valence-corrected chi connectivity index (χ4v) is 2.20. The minimum absolute atomic E-state index is 0.670. The molecular weight excluding hydrogens is 262 g/mol. The van der Waals surface area contributed by atoms with Gasteiger partial charge in [-0.1, -0.05) is 26.0 Å². The molecule has 2 aromatic rings. The average Bonchev–Trinajstić information content (AvgIpc) is 2.67. The van der Waals surface area contributed by atoms with Crippen molar-refractivity contribution < 1.29 is 4.74 Å². The van der Waals surface area contributed by atoms with Gasteiger partial charge in [-0.15, -0.1) is 0 Å². The lowest BCUT2D eigenvalue weighted by molar-refractivity contribution is 0.473. The van der Waals surface area contributed by atoms with Crippen molar-refractivity contribution in [2.45, 2.75) is 34.2 Å². The lowest BCUT2D eigenvalue weighted by Gasteiger charge is -2.09. The van der Waals surface area contributed by atoms with Gasteiger partial charge in [0.15, 0.2) is 5.75 Å². The molecule has 1 aromatic heterocycles. The Kier molecular flexibility index (Phi) is 5.02. The third-order valence-corrected chi connectivity index (χ3v) is 3.47. The number of hydrogen-bond acceptors (Lipinski definition) is 3. The number of nitrogens with one attached hydrogen (secondary N) is 1. The first-order valence-electron chi connectivity index (χ1n) is 7.45. The summed E-state index contributed by atoms with van der Waals surface area (Å²) >= 11 is 0. The predicted molar refractivity (Wildman–Crippen MR) is 85.7 cm³/mol. The van der Waals surface area contributed by atoms with Crippen molar-refractivity contribution in [1.29, 1.82) is 0 Å². The Morgan fingerprint density at radius 1 is 1.19 bits per heavy atom. The molecule has 0 radical (unpaired) electrons. The van der Waals surface area contributed by atoms with Crippen LogP contribution in [0.4, 0.5) is 0 Å². The highest BCUT2D eigenvalue weighted by Gasteiger charge is 2.11. The summed E-state index contributed by atoms with van der Waals surface area (Å²) in [5, 5.41) is 7.80. The van der Waals surface area contributed by atoms with E-state index in [1.165, 1.54) is 5.56 Å². The first kappa shape index (κ1) is 15.6. The Balaban J connectivity index is 1.99. The molecule has 2 rings (SSSR count). The zero-order chi connectivity index (χ0) is 15.4. The van der Waals surface area contributed by atoms with E-state index in [0.29, 0.717) is 5.92 Å². The van der Waals surface area contributed by atoms with E-state index in [-0.39, 0.29) is 0 Å². The van der Waals surface area contributed by atoms with Gasteiger partial charge in [0.05, 0.1) is 5.69 Å². The molecule has 0 saturated carbocycles. The summed E-state index contributed by atoms with van der Waals surface area (Å²) in [4.78, 5) is 0. The van der Waals surface area contributed by atoms with Crippen molar-refractivity contribution in [3.05, 3.63) is 41.2 Å². The van der Waals surface area contributed by atoms with Crippen molar-refractivity contribution >= 4 is 0 Å². The molecule has 0 amide bonds. The molecule has 1 N–H and O–H groups in total. The van der Waals surface area contributed by atoms with Gasteiger partial charge in [0.25, 0.3) is 0 Å². The number of aryl methyl sites for hydroxylation is 2. The minimum Gasteiger partial charge on any atom is -0.453 e. The van der Waals surface area contributed by atoms with Crippen LogP contribution >= 0.6 is 0 Å². The second kappa shape index (κ2) is 6.76. The normalized spacial score (nSPS) is 11.1. The van der Waals surface area contributed by atoms with Crippen molar-refractivity contribution in [2.24, 2.45) is 13.0 Å². The van der Waals surface area contributed by atoms with Crippen LogP contribution in [0.5, 0.6) is 11.5 Å². The second-order valence-corrected chi connectivity index (χ2v) is 5.89. The molecule has 0 spiro atoms. The molecule has 4 nitrogen and oxygen atoms in total. The zero-order valence-electron chi connectivity index (χ0n) is 13.6. The van der Waals surface area contributed by atoms with Crippen LogP contribution in [0.2, 0.25) is 0 Å². The summed E-state index contributed by atoms with van der Waals surface area (Å²) in [6.45, 7) is 10.3. The number of rotatable bonds is 6. The summed E-state index contributed by atoms with van der Waals surface area (Å²) < 4.78 is 7.80. The molecule has 0 unspecified atom stereocenters. The number of hydrogen-bond donors (Lipinski definition) is 1. The fraction of sp³-hybridized carbons (Fsp3) is 0.471. The van der Waals surface area contributed by atoms with Gasteiger partial charge in [-0.25, -0.2) is 0 Å². The monoisotopic (exact) mass is 287 g/mol. The highest BCUT2D eigenvalue weighted by atomic mass is 16.5. The molecule has 0 aliphatic rings. The van der Waals surface area contributed by atoms with E-state index < -0.39 is 0 Å². The van der Waals surface area contributed by atoms with Crippen LogP contribution in [-0.2, 0) is 13.6 Å². The Labute approximate surface area is 127 Å². The summed E-state index contributed by atoms with van der Waals surface area (Å²) in [5.41, 5.74) is 3.22. The molecule has 0 saturated heterocycles. The van der Waals surface area contributed by atoms with Crippen LogP contribution in [0.3, 0.4) is 0 Å². The standard InChI is InChI=1S/C17H25N3O/c1-12(2)10-18-11-15-6-8-16(9-7-15)21-17-13(3)19-20(5)14(17)4/h6-9,12,18H,10-11H2,1-5H3. The zero-order valence-corrected chi connectivity index (χ0v) is 13.6. The molecule has 1 aromatic carbocycles. The Bertz CT molecular complexity index is 585. The van der Waals surface area contributed by atoms with Gasteiger partial charge in [0.2, 0.25) is 0 Å². The quantitative estimate of drug-likeness (QED) is 0.882. The molecular formula is C17H25N3O. The topological polar surface area (TPSA) is 39.1 Å². The maximum Gasteiger partial charge on any atom is 0.171 e. The van der Waals surface area contributed by atoms with Crippen molar-refractivity contribution in [3.63, 3.8) is 0 Å². The Morgan fingerprint density at radius 3 is 2.38 bits per heavy atom. The first-order chi connectivity index (χ1) is 9.97. The van der Waals surface area contributed by atoms with E-state index in [1.807, 2.05) is 37.7 Å². The largest absolute Gasteiger partial charge is 0.453 e. The van der Waals surface area contributed by atoms with Gasteiger partial charge in [0.1, 0.15) is 11.4 Å². The molecule has 0 atom stereocenters. The van der Waals surface area contributed by atoms with Crippen molar-refractivity contribution in [3.8, 4) is 11.5 Å². The van der Waals surface area contributed by atoms with Crippen LogP contribution in [0.25, 0.3) is 0 Å². The maximum atomic E-state index is 5.95. The van der Waals surface area contributed by atoms with Gasteiger partial charge >= 0.3 is 0 Å². The molecule has 1 heterocycles. The van der Waals surface area contributed by atoms with Crippen LogP contribution in [0.1, 0.15) is 30.8 Å². The molecule has 4 heteroatoms. The van der Waals surface area contributed by atoms with Gasteiger partial charge in [-0.3, -0.25) is 4.68 Å².